The van der Waals surface area contributed by atoms with Gasteiger partial charge in [-0.05, 0) is 34.7 Å². The van der Waals surface area contributed by atoms with Gasteiger partial charge in [0.15, 0.2) is 0 Å². The highest BCUT2D eigenvalue weighted by Crippen LogP contribution is 2.20. The molecule has 3 nitrogen and oxygen atoms in total. The lowest BCUT2D eigenvalue weighted by Crippen LogP contribution is -2.61. The average Bonchev–Trinajstić information content (AvgIpc) is 2.13. The number of carbonyl (C=O) groups excluding carboxylic acids is 1. The lowest BCUT2D eigenvalue weighted by molar-refractivity contribution is -0.119. The first-order valence-electron chi connectivity index (χ1n) is 5.32. The van der Waals surface area contributed by atoms with Gasteiger partial charge < -0.3 is 4.79 Å². The van der Waals surface area contributed by atoms with E-state index in [4.69, 9.17) is 0 Å². The van der Waals surface area contributed by atoms with Gasteiger partial charge >= 0.3 is 0 Å². The topological polar surface area (TPSA) is 23.6 Å². The molecule has 82 valence electrons. The van der Waals surface area contributed by atoms with Crippen molar-refractivity contribution in [3.63, 3.8) is 0 Å². The maximum atomic E-state index is 11.0. The van der Waals surface area contributed by atoms with Gasteiger partial charge in [-0.15, -0.1) is 0 Å². The summed E-state index contributed by atoms with van der Waals surface area (Å²) in [6.07, 6.45) is 1.05. The lowest BCUT2D eigenvalue weighted by Gasteiger charge is -2.47. The smallest absolute Gasteiger partial charge is 0.139 e. The van der Waals surface area contributed by atoms with Gasteiger partial charge in [0.05, 0.1) is 5.54 Å². The molecule has 1 fully saturated rings. The third-order valence-corrected chi connectivity index (χ3v) is 3.46. The van der Waals surface area contributed by atoms with Gasteiger partial charge in [0.1, 0.15) is 6.29 Å². The molecule has 1 heterocycles. The van der Waals surface area contributed by atoms with Gasteiger partial charge in [-0.1, -0.05) is 0 Å². The Morgan fingerprint density at radius 3 is 2.00 bits per heavy atom. The Morgan fingerprint density at radius 2 is 1.64 bits per heavy atom. The highest BCUT2D eigenvalue weighted by atomic mass is 16.1. The molecular weight excluding hydrogens is 176 g/mol. The summed E-state index contributed by atoms with van der Waals surface area (Å²) >= 11 is 0. The van der Waals surface area contributed by atoms with Crippen molar-refractivity contribution in [2.24, 2.45) is 0 Å². The van der Waals surface area contributed by atoms with E-state index in [1.807, 2.05) is 13.8 Å². The number of rotatable bonds is 2. The van der Waals surface area contributed by atoms with Crippen LogP contribution in [0.1, 0.15) is 27.7 Å². The largest absolute Gasteiger partial charge is 0.301 e. The van der Waals surface area contributed by atoms with E-state index in [0.717, 1.165) is 19.4 Å². The number of nitrogens with zero attached hydrogens (tertiary/aromatic N) is 2. The summed E-state index contributed by atoms with van der Waals surface area (Å²) in [5.74, 6) is 0. The Kier molecular flexibility index (Phi) is 3.32. The zero-order valence-electron chi connectivity index (χ0n) is 9.95. The highest BCUT2D eigenvalue weighted by Gasteiger charge is 2.34. The number of piperazine rings is 1. The number of aldehydes is 1. The molecule has 0 N–H and O–H groups in total. The van der Waals surface area contributed by atoms with Gasteiger partial charge in [0, 0.05) is 25.2 Å². The van der Waals surface area contributed by atoms with E-state index in [-0.39, 0.29) is 5.54 Å². The molecule has 1 rings (SSSR count). The van der Waals surface area contributed by atoms with Gasteiger partial charge in [-0.25, -0.2) is 0 Å². The quantitative estimate of drug-likeness (QED) is 0.618. The lowest BCUT2D eigenvalue weighted by atomic mass is 9.99. The van der Waals surface area contributed by atoms with E-state index in [1.54, 1.807) is 0 Å². The Balaban J connectivity index is 2.71. The van der Waals surface area contributed by atoms with Crippen LogP contribution in [0.25, 0.3) is 0 Å². The van der Waals surface area contributed by atoms with Crippen LogP contribution >= 0.6 is 0 Å². The summed E-state index contributed by atoms with van der Waals surface area (Å²) in [6.45, 7) is 10.4. The number of hydrogen-bond donors (Lipinski definition) is 0. The van der Waals surface area contributed by atoms with Crippen molar-refractivity contribution >= 4 is 6.29 Å². The first kappa shape index (κ1) is 11.7. The minimum atomic E-state index is -0.316. The average molecular weight is 198 g/mol. The van der Waals surface area contributed by atoms with Crippen LogP contribution in [0.15, 0.2) is 0 Å². The molecule has 2 atom stereocenters. The maximum absolute atomic E-state index is 11.0. The Bertz CT molecular complexity index is 203. The van der Waals surface area contributed by atoms with Crippen molar-refractivity contribution in [2.75, 3.05) is 20.1 Å². The molecule has 0 saturated carbocycles. The molecule has 2 unspecified atom stereocenters. The second kappa shape index (κ2) is 3.99. The summed E-state index contributed by atoms with van der Waals surface area (Å²) in [7, 11) is 2.15. The predicted molar refractivity (Wildman–Crippen MR) is 58.4 cm³/mol. The number of carbonyl (C=O) groups is 1. The molecule has 0 amide bonds. The van der Waals surface area contributed by atoms with Crippen LogP contribution in [0.4, 0.5) is 0 Å². The van der Waals surface area contributed by atoms with Gasteiger partial charge in [0.25, 0.3) is 0 Å². The third kappa shape index (κ3) is 2.15. The first-order valence-corrected chi connectivity index (χ1v) is 5.32. The zero-order valence-corrected chi connectivity index (χ0v) is 9.95. The summed E-state index contributed by atoms with van der Waals surface area (Å²) in [5.41, 5.74) is -0.316. The monoisotopic (exact) mass is 198 g/mol. The Labute approximate surface area is 87.1 Å². The van der Waals surface area contributed by atoms with Gasteiger partial charge in [0.2, 0.25) is 0 Å². The molecule has 0 radical (unpaired) electrons. The summed E-state index contributed by atoms with van der Waals surface area (Å²) in [6, 6.07) is 1.05. The van der Waals surface area contributed by atoms with Crippen LogP contribution in [0.5, 0.6) is 0 Å². The normalized spacial score (nSPS) is 31.8. The zero-order chi connectivity index (χ0) is 10.9. The standard InChI is InChI=1S/C11H22N2O/c1-9-6-13(11(3,4)8-14)7-10(2)12(9)5/h8-10H,6-7H2,1-5H3. The second-order valence-corrected chi connectivity index (χ2v) is 5.04. The minimum Gasteiger partial charge on any atom is -0.301 e. The minimum absolute atomic E-state index is 0.316. The van der Waals surface area contributed by atoms with E-state index in [1.165, 1.54) is 0 Å². The molecule has 1 saturated heterocycles. The van der Waals surface area contributed by atoms with Crippen molar-refractivity contribution in [3.8, 4) is 0 Å². The van der Waals surface area contributed by atoms with E-state index < -0.39 is 0 Å². The van der Waals surface area contributed by atoms with E-state index >= 15 is 0 Å². The van der Waals surface area contributed by atoms with Crippen LogP contribution in [0, 0.1) is 0 Å². The van der Waals surface area contributed by atoms with Gasteiger partial charge in [-0.3, -0.25) is 9.80 Å². The predicted octanol–water partition coefficient (Wildman–Crippen LogP) is 0.988. The van der Waals surface area contributed by atoms with Crippen LogP contribution in [0.3, 0.4) is 0 Å². The molecule has 0 spiro atoms. The first-order chi connectivity index (χ1) is 6.38. The fourth-order valence-electron chi connectivity index (χ4n) is 1.95. The number of likely N-dealkylation sites (N-methyl/N-ethyl adjacent to an activating group) is 1. The van der Waals surface area contributed by atoms with Crippen molar-refractivity contribution in [2.45, 2.75) is 45.3 Å². The maximum Gasteiger partial charge on any atom is 0.139 e. The molecule has 0 aromatic rings. The van der Waals surface area contributed by atoms with Crippen LogP contribution in [0.2, 0.25) is 0 Å². The molecule has 14 heavy (non-hydrogen) atoms. The fourth-order valence-corrected chi connectivity index (χ4v) is 1.95. The van der Waals surface area contributed by atoms with Crippen LogP contribution in [-0.2, 0) is 4.79 Å². The molecular formula is C11H22N2O. The Hall–Kier alpha value is -0.410. The van der Waals surface area contributed by atoms with E-state index in [2.05, 4.69) is 30.7 Å². The summed E-state index contributed by atoms with van der Waals surface area (Å²) < 4.78 is 0. The molecule has 0 aromatic carbocycles. The molecule has 0 aromatic heterocycles. The highest BCUT2D eigenvalue weighted by molar-refractivity contribution is 5.62. The van der Waals surface area contributed by atoms with Crippen molar-refractivity contribution in [1.29, 1.82) is 0 Å². The van der Waals surface area contributed by atoms with Gasteiger partial charge in [-0.2, -0.15) is 0 Å². The fraction of sp³-hybridized carbons (Fsp3) is 0.909. The second-order valence-electron chi connectivity index (χ2n) is 5.04. The third-order valence-electron chi connectivity index (χ3n) is 3.46. The van der Waals surface area contributed by atoms with Crippen molar-refractivity contribution < 1.29 is 4.79 Å². The SMILES string of the molecule is CC1CN(C(C)(C)C=O)CC(C)N1C. The van der Waals surface area contributed by atoms with Crippen LogP contribution in [-0.4, -0.2) is 53.8 Å². The van der Waals surface area contributed by atoms with E-state index in [0.29, 0.717) is 12.1 Å². The summed E-state index contributed by atoms with van der Waals surface area (Å²) in [5, 5.41) is 0. The molecule has 0 aliphatic carbocycles. The van der Waals surface area contributed by atoms with Crippen molar-refractivity contribution in [1.82, 2.24) is 9.80 Å². The summed E-state index contributed by atoms with van der Waals surface area (Å²) in [4.78, 5) is 15.6. The molecule has 3 heteroatoms. The molecule has 1 aliphatic rings. The Morgan fingerprint density at radius 1 is 1.21 bits per heavy atom. The molecule has 0 bridgehead atoms. The van der Waals surface area contributed by atoms with Crippen LogP contribution < -0.4 is 0 Å². The van der Waals surface area contributed by atoms with E-state index in [9.17, 15) is 4.79 Å². The number of hydrogen-bond acceptors (Lipinski definition) is 3. The molecule has 1 aliphatic heterocycles. The van der Waals surface area contributed by atoms with Crippen molar-refractivity contribution in [3.05, 3.63) is 0 Å².